The van der Waals surface area contributed by atoms with Gasteiger partial charge in [-0.2, -0.15) is 0 Å². The number of hydrogen-bond donors (Lipinski definition) is 2. The van der Waals surface area contributed by atoms with E-state index in [0.29, 0.717) is 6.04 Å². The summed E-state index contributed by atoms with van der Waals surface area (Å²) < 4.78 is 0. The van der Waals surface area contributed by atoms with E-state index in [1.165, 1.54) is 6.42 Å². The van der Waals surface area contributed by atoms with E-state index in [4.69, 9.17) is 5.73 Å². The lowest BCUT2D eigenvalue weighted by atomic mass is 9.78. The number of likely N-dealkylation sites (N-methyl/N-ethyl adjacent to an activating group) is 1. The smallest absolute Gasteiger partial charge is 0.237 e. The van der Waals surface area contributed by atoms with Gasteiger partial charge in [-0.3, -0.25) is 4.79 Å². The summed E-state index contributed by atoms with van der Waals surface area (Å²) >= 11 is 0. The Hall–Kier alpha value is -0.610. The number of carbonyl (C=O) groups excluding carboxylic acids is 1. The first kappa shape index (κ1) is 13.5. The standard InChI is InChI=1S/C12H25N3O/c1-4-14-12(11(13)16)8-6-7-10(9-12)15(3)5-2/h10,14H,4-9H2,1-3H3,(H2,13,16). The van der Waals surface area contributed by atoms with E-state index >= 15 is 0 Å². The zero-order chi connectivity index (χ0) is 12.2. The summed E-state index contributed by atoms with van der Waals surface area (Å²) in [6.07, 6.45) is 3.97. The molecule has 2 atom stereocenters. The van der Waals surface area contributed by atoms with Crippen LogP contribution in [0.25, 0.3) is 0 Å². The van der Waals surface area contributed by atoms with E-state index in [1.54, 1.807) is 0 Å². The van der Waals surface area contributed by atoms with Crippen LogP contribution in [0.4, 0.5) is 0 Å². The van der Waals surface area contributed by atoms with Crippen LogP contribution in [-0.2, 0) is 4.79 Å². The molecule has 1 fully saturated rings. The molecule has 0 heterocycles. The van der Waals surface area contributed by atoms with E-state index in [9.17, 15) is 4.79 Å². The molecule has 1 amide bonds. The van der Waals surface area contributed by atoms with Crippen molar-refractivity contribution in [2.45, 2.75) is 51.1 Å². The maximum Gasteiger partial charge on any atom is 0.237 e. The number of hydrogen-bond acceptors (Lipinski definition) is 3. The Morgan fingerprint density at radius 2 is 2.25 bits per heavy atom. The third-order valence-corrected chi connectivity index (χ3v) is 3.83. The van der Waals surface area contributed by atoms with E-state index in [1.807, 2.05) is 6.92 Å². The van der Waals surface area contributed by atoms with Gasteiger partial charge in [0.2, 0.25) is 5.91 Å². The van der Waals surface area contributed by atoms with Crippen LogP contribution in [0, 0.1) is 0 Å². The average molecular weight is 227 g/mol. The second-order valence-corrected chi connectivity index (χ2v) is 4.80. The normalized spacial score (nSPS) is 30.6. The molecular weight excluding hydrogens is 202 g/mol. The molecule has 1 aliphatic rings. The second kappa shape index (κ2) is 5.64. The van der Waals surface area contributed by atoms with Crippen LogP contribution in [0.2, 0.25) is 0 Å². The van der Waals surface area contributed by atoms with Crippen LogP contribution in [0.3, 0.4) is 0 Å². The highest BCUT2D eigenvalue weighted by molar-refractivity contribution is 5.84. The molecule has 0 spiro atoms. The van der Waals surface area contributed by atoms with E-state index in [-0.39, 0.29) is 5.91 Å². The van der Waals surface area contributed by atoms with Crippen LogP contribution in [0.15, 0.2) is 0 Å². The van der Waals surface area contributed by atoms with Crippen LogP contribution < -0.4 is 11.1 Å². The zero-order valence-corrected chi connectivity index (χ0v) is 10.8. The van der Waals surface area contributed by atoms with Crippen LogP contribution in [0.5, 0.6) is 0 Å². The molecule has 2 unspecified atom stereocenters. The maximum absolute atomic E-state index is 11.7. The molecule has 16 heavy (non-hydrogen) atoms. The van der Waals surface area contributed by atoms with Crippen LogP contribution >= 0.6 is 0 Å². The molecule has 0 saturated heterocycles. The number of carbonyl (C=O) groups is 1. The van der Waals surface area contributed by atoms with Crippen molar-refractivity contribution in [1.82, 2.24) is 10.2 Å². The second-order valence-electron chi connectivity index (χ2n) is 4.80. The summed E-state index contributed by atoms with van der Waals surface area (Å²) in [5.41, 5.74) is 5.10. The Bertz CT molecular complexity index is 240. The lowest BCUT2D eigenvalue weighted by Gasteiger charge is -2.42. The van der Waals surface area contributed by atoms with Gasteiger partial charge in [0.05, 0.1) is 5.54 Å². The topological polar surface area (TPSA) is 58.4 Å². The van der Waals surface area contributed by atoms with Gasteiger partial charge in [-0.05, 0) is 45.8 Å². The number of nitrogens with one attached hydrogen (secondary N) is 1. The summed E-state index contributed by atoms with van der Waals surface area (Å²) in [5.74, 6) is -0.191. The molecule has 1 saturated carbocycles. The third kappa shape index (κ3) is 2.74. The van der Waals surface area contributed by atoms with Crippen molar-refractivity contribution in [3.63, 3.8) is 0 Å². The molecule has 3 N–H and O–H groups in total. The molecule has 0 radical (unpaired) electrons. The highest BCUT2D eigenvalue weighted by Crippen LogP contribution is 2.30. The van der Waals surface area contributed by atoms with Crippen LogP contribution in [0.1, 0.15) is 39.5 Å². The number of rotatable bonds is 5. The predicted molar refractivity (Wildman–Crippen MR) is 66.2 cm³/mol. The largest absolute Gasteiger partial charge is 0.368 e. The average Bonchev–Trinajstić information content (AvgIpc) is 2.28. The predicted octanol–water partition coefficient (Wildman–Crippen LogP) is 0.714. The first-order valence-corrected chi connectivity index (χ1v) is 6.31. The van der Waals surface area contributed by atoms with Crippen molar-refractivity contribution >= 4 is 5.91 Å². The molecule has 94 valence electrons. The van der Waals surface area contributed by atoms with Crippen molar-refractivity contribution in [2.24, 2.45) is 5.73 Å². The first-order valence-electron chi connectivity index (χ1n) is 6.31. The molecule has 0 bridgehead atoms. The maximum atomic E-state index is 11.7. The molecule has 0 aromatic rings. The first-order chi connectivity index (χ1) is 7.55. The summed E-state index contributed by atoms with van der Waals surface area (Å²) in [6, 6.07) is 0.477. The highest BCUT2D eigenvalue weighted by atomic mass is 16.1. The van der Waals surface area contributed by atoms with E-state index in [2.05, 4.69) is 24.2 Å². The minimum atomic E-state index is -0.471. The number of nitrogens with two attached hydrogens (primary N) is 1. The molecular formula is C12H25N3O. The van der Waals surface area contributed by atoms with Gasteiger partial charge < -0.3 is 16.0 Å². The third-order valence-electron chi connectivity index (χ3n) is 3.83. The summed E-state index contributed by atoms with van der Waals surface area (Å²) in [6.45, 7) is 5.99. The molecule has 0 aliphatic heterocycles. The van der Waals surface area contributed by atoms with Crippen molar-refractivity contribution in [3.8, 4) is 0 Å². The monoisotopic (exact) mass is 227 g/mol. The van der Waals surface area contributed by atoms with Gasteiger partial charge in [0.1, 0.15) is 0 Å². The highest BCUT2D eigenvalue weighted by Gasteiger charge is 2.41. The Balaban J connectivity index is 2.75. The van der Waals surface area contributed by atoms with Crippen molar-refractivity contribution in [1.29, 1.82) is 0 Å². The fourth-order valence-corrected chi connectivity index (χ4v) is 2.69. The Labute approximate surface area is 98.6 Å². The molecule has 0 aromatic heterocycles. The van der Waals surface area contributed by atoms with Crippen LogP contribution in [-0.4, -0.2) is 42.5 Å². The minimum Gasteiger partial charge on any atom is -0.368 e. The number of nitrogens with zero attached hydrogens (tertiary/aromatic N) is 1. The molecule has 1 rings (SSSR count). The Kier molecular flexibility index (Phi) is 4.74. The molecule has 0 aromatic carbocycles. The molecule has 1 aliphatic carbocycles. The Morgan fingerprint density at radius 3 is 2.75 bits per heavy atom. The summed E-state index contributed by atoms with van der Waals surface area (Å²) in [7, 11) is 2.12. The minimum absolute atomic E-state index is 0.191. The van der Waals surface area contributed by atoms with Crippen molar-refractivity contribution in [2.75, 3.05) is 20.1 Å². The lowest BCUT2D eigenvalue weighted by molar-refractivity contribution is -0.126. The van der Waals surface area contributed by atoms with Gasteiger partial charge in [-0.1, -0.05) is 13.8 Å². The SMILES string of the molecule is CCNC1(C(N)=O)CCCC(N(C)CC)C1. The molecule has 4 heteroatoms. The summed E-state index contributed by atoms with van der Waals surface area (Å²) in [5, 5.41) is 3.31. The fraction of sp³-hybridized carbons (Fsp3) is 0.917. The van der Waals surface area contributed by atoms with Gasteiger partial charge >= 0.3 is 0 Å². The van der Waals surface area contributed by atoms with Gasteiger partial charge in [0.25, 0.3) is 0 Å². The van der Waals surface area contributed by atoms with Gasteiger partial charge in [0.15, 0.2) is 0 Å². The summed E-state index contributed by atoms with van der Waals surface area (Å²) in [4.78, 5) is 14.0. The lowest BCUT2D eigenvalue weighted by Crippen LogP contribution is -2.60. The zero-order valence-electron chi connectivity index (χ0n) is 10.8. The quantitative estimate of drug-likeness (QED) is 0.727. The van der Waals surface area contributed by atoms with Gasteiger partial charge in [-0.25, -0.2) is 0 Å². The molecule has 4 nitrogen and oxygen atoms in total. The number of amides is 1. The number of primary amides is 1. The van der Waals surface area contributed by atoms with Gasteiger partial charge in [-0.15, -0.1) is 0 Å². The fourth-order valence-electron chi connectivity index (χ4n) is 2.69. The van der Waals surface area contributed by atoms with E-state index in [0.717, 1.165) is 32.4 Å². The van der Waals surface area contributed by atoms with Crippen molar-refractivity contribution in [3.05, 3.63) is 0 Å². The van der Waals surface area contributed by atoms with E-state index < -0.39 is 5.54 Å². The Morgan fingerprint density at radius 1 is 1.56 bits per heavy atom. The van der Waals surface area contributed by atoms with Crippen molar-refractivity contribution < 1.29 is 4.79 Å². The van der Waals surface area contributed by atoms with Gasteiger partial charge in [0, 0.05) is 6.04 Å².